The summed E-state index contributed by atoms with van der Waals surface area (Å²) in [5.74, 6) is -0.556. The minimum absolute atomic E-state index is 0.0625. The second-order valence-corrected chi connectivity index (χ2v) is 6.01. The van der Waals surface area contributed by atoms with Gasteiger partial charge in [-0.25, -0.2) is 17.2 Å². The van der Waals surface area contributed by atoms with E-state index < -0.39 is 22.2 Å². The number of nitrogens with two attached hydrogens (primary N) is 1. The molecule has 6 heteroatoms. The molecular formula is C8H15F2NO2S. The normalized spacial score (nSPS) is 32.0. The van der Waals surface area contributed by atoms with Crippen LogP contribution in [0.4, 0.5) is 8.78 Å². The predicted octanol–water partition coefficient (Wildman–Crippen LogP) is 0.651. The fourth-order valence-electron chi connectivity index (χ4n) is 1.91. The highest BCUT2D eigenvalue weighted by Gasteiger charge is 2.33. The monoisotopic (exact) mass is 227 g/mol. The highest BCUT2D eigenvalue weighted by atomic mass is 32.2. The zero-order chi connectivity index (χ0) is 10.8. The second kappa shape index (κ2) is 4.53. The fourth-order valence-corrected chi connectivity index (χ4v) is 3.80. The molecule has 1 aliphatic rings. The van der Waals surface area contributed by atoms with Gasteiger partial charge in [0.15, 0.2) is 9.84 Å². The van der Waals surface area contributed by atoms with Crippen molar-refractivity contribution in [1.29, 1.82) is 0 Å². The van der Waals surface area contributed by atoms with Crippen molar-refractivity contribution in [3.05, 3.63) is 0 Å². The Morgan fingerprint density at radius 1 is 1.36 bits per heavy atom. The van der Waals surface area contributed by atoms with Crippen LogP contribution in [0.25, 0.3) is 0 Å². The van der Waals surface area contributed by atoms with Crippen molar-refractivity contribution in [2.75, 3.05) is 18.1 Å². The third kappa shape index (κ3) is 3.16. The maximum Gasteiger partial charge on any atom is 0.238 e. The van der Waals surface area contributed by atoms with Crippen LogP contribution in [0.2, 0.25) is 0 Å². The van der Waals surface area contributed by atoms with Crippen LogP contribution in [0.15, 0.2) is 0 Å². The molecule has 1 fully saturated rings. The summed E-state index contributed by atoms with van der Waals surface area (Å²) in [6.45, 7) is 0.299. The molecule has 0 radical (unpaired) electrons. The van der Waals surface area contributed by atoms with Crippen LogP contribution in [0.5, 0.6) is 0 Å². The van der Waals surface area contributed by atoms with Crippen LogP contribution in [-0.2, 0) is 9.84 Å². The van der Waals surface area contributed by atoms with Gasteiger partial charge in [-0.3, -0.25) is 0 Å². The van der Waals surface area contributed by atoms with Gasteiger partial charge in [0.25, 0.3) is 0 Å². The molecule has 1 aliphatic heterocycles. The van der Waals surface area contributed by atoms with Crippen molar-refractivity contribution in [2.24, 2.45) is 17.6 Å². The minimum atomic E-state index is -3.11. The van der Waals surface area contributed by atoms with Crippen molar-refractivity contribution in [3.63, 3.8) is 0 Å². The molecule has 0 saturated carbocycles. The van der Waals surface area contributed by atoms with E-state index in [1.807, 2.05) is 0 Å². The van der Waals surface area contributed by atoms with Crippen LogP contribution >= 0.6 is 0 Å². The largest absolute Gasteiger partial charge is 0.330 e. The molecule has 14 heavy (non-hydrogen) atoms. The maximum atomic E-state index is 12.1. The molecule has 0 aromatic rings. The van der Waals surface area contributed by atoms with E-state index in [4.69, 9.17) is 5.73 Å². The second-order valence-electron chi connectivity index (χ2n) is 3.79. The van der Waals surface area contributed by atoms with Crippen LogP contribution < -0.4 is 5.73 Å². The van der Waals surface area contributed by atoms with Gasteiger partial charge in [-0.1, -0.05) is 0 Å². The summed E-state index contributed by atoms with van der Waals surface area (Å²) < 4.78 is 46.7. The summed E-state index contributed by atoms with van der Waals surface area (Å²) in [4.78, 5) is 0. The van der Waals surface area contributed by atoms with E-state index in [-0.39, 0.29) is 23.8 Å². The Bertz CT molecular complexity index is 279. The number of hydrogen-bond acceptors (Lipinski definition) is 3. The van der Waals surface area contributed by atoms with Crippen molar-refractivity contribution in [1.82, 2.24) is 0 Å². The molecule has 0 aromatic carbocycles. The molecule has 1 heterocycles. The third-order valence-corrected chi connectivity index (χ3v) is 4.51. The molecular weight excluding hydrogens is 212 g/mol. The molecule has 2 N–H and O–H groups in total. The summed E-state index contributed by atoms with van der Waals surface area (Å²) in [7, 11) is -3.11. The Morgan fingerprint density at radius 3 is 2.50 bits per heavy atom. The van der Waals surface area contributed by atoms with Gasteiger partial charge in [0.05, 0.1) is 11.5 Å². The van der Waals surface area contributed by atoms with Crippen LogP contribution in [0.3, 0.4) is 0 Å². The molecule has 0 bridgehead atoms. The Kier molecular flexibility index (Phi) is 3.83. The average Bonchev–Trinajstić information content (AvgIpc) is 2.01. The first kappa shape index (κ1) is 11.8. The average molecular weight is 227 g/mol. The highest BCUT2D eigenvalue weighted by molar-refractivity contribution is 7.91. The lowest BCUT2D eigenvalue weighted by molar-refractivity contribution is 0.102. The van der Waals surface area contributed by atoms with Crippen LogP contribution in [-0.4, -0.2) is 32.9 Å². The van der Waals surface area contributed by atoms with Gasteiger partial charge in [0.2, 0.25) is 6.43 Å². The summed E-state index contributed by atoms with van der Waals surface area (Å²) in [5.41, 5.74) is 5.42. The van der Waals surface area contributed by atoms with Crippen LogP contribution in [0.1, 0.15) is 12.8 Å². The Morgan fingerprint density at radius 2 is 2.00 bits per heavy atom. The predicted molar refractivity (Wildman–Crippen MR) is 49.9 cm³/mol. The summed E-state index contributed by atoms with van der Waals surface area (Å²) in [6, 6.07) is 0. The fraction of sp³-hybridized carbons (Fsp3) is 1.00. The maximum absolute atomic E-state index is 12.1. The molecule has 3 nitrogen and oxygen atoms in total. The Balaban J connectivity index is 2.65. The first-order chi connectivity index (χ1) is 6.44. The summed E-state index contributed by atoms with van der Waals surface area (Å²) in [6.07, 6.45) is -2.36. The Labute approximate surface area is 82.6 Å². The van der Waals surface area contributed by atoms with Gasteiger partial charge in [0, 0.05) is 6.42 Å². The SMILES string of the molecule is NCC1CCS(=O)(=O)CC1CC(F)F. The zero-order valence-corrected chi connectivity index (χ0v) is 8.64. The van der Waals surface area contributed by atoms with E-state index in [0.29, 0.717) is 13.0 Å². The van der Waals surface area contributed by atoms with Gasteiger partial charge in [0.1, 0.15) is 0 Å². The van der Waals surface area contributed by atoms with E-state index in [9.17, 15) is 17.2 Å². The number of halogens is 2. The van der Waals surface area contributed by atoms with Crippen molar-refractivity contribution in [2.45, 2.75) is 19.3 Å². The molecule has 2 unspecified atom stereocenters. The molecule has 2 atom stereocenters. The summed E-state index contributed by atoms with van der Waals surface area (Å²) in [5, 5.41) is 0. The van der Waals surface area contributed by atoms with Gasteiger partial charge < -0.3 is 5.73 Å². The highest BCUT2D eigenvalue weighted by Crippen LogP contribution is 2.29. The van der Waals surface area contributed by atoms with Crippen molar-refractivity contribution >= 4 is 9.84 Å². The first-order valence-corrected chi connectivity index (χ1v) is 6.45. The van der Waals surface area contributed by atoms with Gasteiger partial charge in [-0.15, -0.1) is 0 Å². The van der Waals surface area contributed by atoms with Crippen LogP contribution in [0, 0.1) is 11.8 Å². The molecule has 84 valence electrons. The molecule has 0 aromatic heterocycles. The third-order valence-electron chi connectivity index (χ3n) is 2.72. The van der Waals surface area contributed by atoms with Crippen molar-refractivity contribution < 1.29 is 17.2 Å². The smallest absolute Gasteiger partial charge is 0.238 e. The van der Waals surface area contributed by atoms with Gasteiger partial charge in [-0.05, 0) is 24.8 Å². The molecule has 0 amide bonds. The van der Waals surface area contributed by atoms with E-state index in [0.717, 1.165) is 0 Å². The topological polar surface area (TPSA) is 60.2 Å². The number of sulfone groups is 1. The lowest BCUT2D eigenvalue weighted by Gasteiger charge is -2.30. The van der Waals surface area contributed by atoms with E-state index in [1.165, 1.54) is 0 Å². The van der Waals surface area contributed by atoms with E-state index >= 15 is 0 Å². The molecule has 1 saturated heterocycles. The number of hydrogen-bond donors (Lipinski definition) is 1. The van der Waals surface area contributed by atoms with E-state index in [1.54, 1.807) is 0 Å². The van der Waals surface area contributed by atoms with Crippen molar-refractivity contribution in [3.8, 4) is 0 Å². The zero-order valence-electron chi connectivity index (χ0n) is 7.83. The van der Waals surface area contributed by atoms with Gasteiger partial charge in [-0.2, -0.15) is 0 Å². The number of alkyl halides is 2. The van der Waals surface area contributed by atoms with Gasteiger partial charge >= 0.3 is 0 Å². The molecule has 1 rings (SSSR count). The first-order valence-electron chi connectivity index (χ1n) is 4.63. The van der Waals surface area contributed by atoms with E-state index in [2.05, 4.69) is 0 Å². The molecule has 0 aliphatic carbocycles. The standard InChI is InChI=1S/C8H15F2NO2S/c9-8(10)3-7-5-14(12,13)2-1-6(7)4-11/h6-8H,1-5,11H2. The molecule has 0 spiro atoms. The lowest BCUT2D eigenvalue weighted by atomic mass is 9.88. The number of rotatable bonds is 3. The summed E-state index contributed by atoms with van der Waals surface area (Å²) >= 11 is 0. The Hall–Kier alpha value is -0.230. The minimum Gasteiger partial charge on any atom is -0.330 e. The lowest BCUT2D eigenvalue weighted by Crippen LogP contribution is -2.37. The quantitative estimate of drug-likeness (QED) is 0.770.